The third-order valence-electron chi connectivity index (χ3n) is 2.35. The van der Waals surface area contributed by atoms with Gasteiger partial charge in [0, 0.05) is 16.7 Å². The maximum absolute atomic E-state index is 11.5. The van der Waals surface area contributed by atoms with Gasteiger partial charge in [0.05, 0.1) is 6.54 Å². The lowest BCUT2D eigenvalue weighted by Gasteiger charge is -2.20. The van der Waals surface area contributed by atoms with Crippen molar-refractivity contribution < 1.29 is 9.59 Å². The van der Waals surface area contributed by atoms with Gasteiger partial charge >= 0.3 is 6.03 Å². The highest BCUT2D eigenvalue weighted by Gasteiger charge is 2.12. The molecule has 0 radical (unpaired) electrons. The van der Waals surface area contributed by atoms with Crippen molar-refractivity contribution >= 4 is 11.8 Å². The molecule has 0 saturated carbocycles. The van der Waals surface area contributed by atoms with Gasteiger partial charge in [0.2, 0.25) is 0 Å². The topological polar surface area (TPSA) is 58.2 Å². The van der Waals surface area contributed by atoms with Crippen molar-refractivity contribution in [1.82, 2.24) is 10.6 Å². The van der Waals surface area contributed by atoms with Crippen LogP contribution in [-0.4, -0.2) is 23.9 Å². The molecule has 1 aromatic rings. The van der Waals surface area contributed by atoms with Crippen molar-refractivity contribution in [1.29, 1.82) is 0 Å². The van der Waals surface area contributed by atoms with E-state index < -0.39 is 0 Å². The second-order valence-corrected chi connectivity index (χ2v) is 5.49. The van der Waals surface area contributed by atoms with Gasteiger partial charge in [-0.25, -0.2) is 4.79 Å². The van der Waals surface area contributed by atoms with Crippen LogP contribution in [-0.2, 0) is 0 Å². The predicted octanol–water partition coefficient (Wildman–Crippen LogP) is 2.34. The number of nitrogens with one attached hydrogen (secondary N) is 2. The van der Waals surface area contributed by atoms with Crippen molar-refractivity contribution in [2.45, 2.75) is 33.2 Å². The summed E-state index contributed by atoms with van der Waals surface area (Å²) in [6.45, 7) is 7.54. The molecule has 20 heavy (non-hydrogen) atoms. The van der Waals surface area contributed by atoms with Gasteiger partial charge in [0.15, 0.2) is 5.78 Å². The minimum absolute atomic E-state index is 0.0324. The first-order valence-electron chi connectivity index (χ1n) is 6.44. The first-order valence-corrected chi connectivity index (χ1v) is 6.44. The molecule has 106 valence electrons. The SMILES string of the molecule is CC(=O)c1ccc(C#CCNC(=O)NC(C)(C)C)cc1. The maximum atomic E-state index is 11.5. The minimum Gasteiger partial charge on any atom is -0.334 e. The van der Waals surface area contributed by atoms with E-state index in [-0.39, 0.29) is 23.9 Å². The zero-order chi connectivity index (χ0) is 15.2. The number of ketones is 1. The largest absolute Gasteiger partial charge is 0.334 e. The van der Waals surface area contributed by atoms with E-state index in [0.717, 1.165) is 5.56 Å². The Bertz CT molecular complexity index is 543. The maximum Gasteiger partial charge on any atom is 0.315 e. The second-order valence-electron chi connectivity index (χ2n) is 5.49. The van der Waals surface area contributed by atoms with E-state index in [9.17, 15) is 9.59 Å². The van der Waals surface area contributed by atoms with Gasteiger partial charge in [-0.05, 0) is 39.8 Å². The van der Waals surface area contributed by atoms with Crippen molar-refractivity contribution in [2.24, 2.45) is 0 Å². The van der Waals surface area contributed by atoms with Gasteiger partial charge in [-0.3, -0.25) is 4.79 Å². The number of rotatable bonds is 2. The monoisotopic (exact) mass is 272 g/mol. The highest BCUT2D eigenvalue weighted by Crippen LogP contribution is 2.03. The summed E-state index contributed by atoms with van der Waals surface area (Å²) in [5.41, 5.74) is 1.21. The summed E-state index contributed by atoms with van der Waals surface area (Å²) in [6, 6.07) is 6.83. The lowest BCUT2D eigenvalue weighted by Crippen LogP contribution is -2.46. The number of amides is 2. The fourth-order valence-electron chi connectivity index (χ4n) is 1.44. The molecule has 2 N–H and O–H groups in total. The first-order chi connectivity index (χ1) is 9.28. The number of carbonyl (C=O) groups is 2. The zero-order valence-electron chi connectivity index (χ0n) is 12.3. The molecule has 0 fully saturated rings. The van der Waals surface area contributed by atoms with Crippen LogP contribution in [0.4, 0.5) is 4.79 Å². The Kier molecular flexibility index (Phi) is 5.33. The van der Waals surface area contributed by atoms with Crippen LogP contribution in [0, 0.1) is 11.8 Å². The van der Waals surface area contributed by atoms with Crippen LogP contribution >= 0.6 is 0 Å². The number of hydrogen-bond acceptors (Lipinski definition) is 2. The molecular formula is C16H20N2O2. The normalized spacial score (nSPS) is 10.2. The van der Waals surface area contributed by atoms with Gasteiger partial charge in [0.1, 0.15) is 0 Å². The lowest BCUT2D eigenvalue weighted by atomic mass is 10.1. The van der Waals surface area contributed by atoms with Crippen LogP contribution < -0.4 is 10.6 Å². The molecule has 2 amide bonds. The lowest BCUT2D eigenvalue weighted by molar-refractivity contribution is 0.101. The van der Waals surface area contributed by atoms with Gasteiger partial charge in [-0.15, -0.1) is 0 Å². The molecule has 1 aromatic carbocycles. The summed E-state index contributed by atoms with van der Waals surface area (Å²) in [6.07, 6.45) is 0. The summed E-state index contributed by atoms with van der Waals surface area (Å²) in [5, 5.41) is 5.44. The fraction of sp³-hybridized carbons (Fsp3) is 0.375. The van der Waals surface area contributed by atoms with E-state index in [1.807, 2.05) is 20.8 Å². The van der Waals surface area contributed by atoms with Crippen molar-refractivity contribution in [3.05, 3.63) is 35.4 Å². The summed E-state index contributed by atoms with van der Waals surface area (Å²) < 4.78 is 0. The van der Waals surface area contributed by atoms with E-state index in [0.29, 0.717) is 5.56 Å². The van der Waals surface area contributed by atoms with E-state index in [4.69, 9.17) is 0 Å². The summed E-state index contributed by atoms with van der Waals surface area (Å²) in [5.74, 6) is 5.82. The van der Waals surface area contributed by atoms with E-state index >= 15 is 0 Å². The van der Waals surface area contributed by atoms with Crippen molar-refractivity contribution in [3.63, 3.8) is 0 Å². The van der Waals surface area contributed by atoms with Gasteiger partial charge in [-0.2, -0.15) is 0 Å². The Morgan fingerprint density at radius 1 is 1.15 bits per heavy atom. The van der Waals surface area contributed by atoms with Crippen LogP contribution in [0.25, 0.3) is 0 Å². The molecule has 0 heterocycles. The Morgan fingerprint density at radius 2 is 1.75 bits per heavy atom. The Morgan fingerprint density at radius 3 is 2.25 bits per heavy atom. The van der Waals surface area contributed by atoms with Crippen LogP contribution in [0.1, 0.15) is 43.6 Å². The summed E-state index contributed by atoms with van der Waals surface area (Å²) in [7, 11) is 0. The first kappa shape index (κ1) is 15.8. The van der Waals surface area contributed by atoms with Crippen LogP contribution in [0.2, 0.25) is 0 Å². The molecule has 0 atom stereocenters. The molecule has 0 spiro atoms. The van der Waals surface area contributed by atoms with Crippen LogP contribution in [0.5, 0.6) is 0 Å². The summed E-state index contributed by atoms with van der Waals surface area (Å²) >= 11 is 0. The van der Waals surface area contributed by atoms with E-state index in [1.54, 1.807) is 24.3 Å². The third kappa shape index (κ3) is 6.05. The Labute approximate surface area is 120 Å². The highest BCUT2D eigenvalue weighted by molar-refractivity contribution is 5.94. The highest BCUT2D eigenvalue weighted by atomic mass is 16.2. The molecule has 0 aliphatic rings. The van der Waals surface area contributed by atoms with Gasteiger partial charge in [0.25, 0.3) is 0 Å². The third-order valence-corrected chi connectivity index (χ3v) is 2.35. The number of hydrogen-bond donors (Lipinski definition) is 2. The van der Waals surface area contributed by atoms with Crippen LogP contribution in [0.15, 0.2) is 24.3 Å². The molecule has 0 aromatic heterocycles. The van der Waals surface area contributed by atoms with Crippen LogP contribution in [0.3, 0.4) is 0 Å². The van der Waals surface area contributed by atoms with Crippen molar-refractivity contribution in [2.75, 3.05) is 6.54 Å². The zero-order valence-corrected chi connectivity index (χ0v) is 12.3. The molecule has 0 bridgehead atoms. The smallest absolute Gasteiger partial charge is 0.315 e. The number of urea groups is 1. The molecule has 0 unspecified atom stereocenters. The number of benzene rings is 1. The molecule has 1 rings (SSSR count). The average molecular weight is 272 g/mol. The Balaban J connectivity index is 2.47. The summed E-state index contributed by atoms with van der Waals surface area (Å²) in [4.78, 5) is 22.6. The second kappa shape index (κ2) is 6.76. The Hall–Kier alpha value is -2.28. The molecular weight excluding hydrogens is 252 g/mol. The van der Waals surface area contributed by atoms with Gasteiger partial charge in [-0.1, -0.05) is 24.0 Å². The molecule has 4 heteroatoms. The van der Waals surface area contributed by atoms with E-state index in [1.165, 1.54) is 6.92 Å². The van der Waals surface area contributed by atoms with Gasteiger partial charge < -0.3 is 10.6 Å². The molecule has 0 aliphatic heterocycles. The predicted molar refractivity (Wildman–Crippen MR) is 79.6 cm³/mol. The standard InChI is InChI=1S/C16H20N2O2/c1-12(19)14-9-7-13(8-10-14)6-5-11-17-15(20)18-16(2,3)4/h7-10H,11H2,1-4H3,(H2,17,18,20). The molecule has 4 nitrogen and oxygen atoms in total. The minimum atomic E-state index is -0.264. The number of Topliss-reactive ketones (excluding diaryl/α,β-unsaturated/α-hetero) is 1. The quantitative estimate of drug-likeness (QED) is 0.641. The molecule has 0 aliphatic carbocycles. The molecule has 0 saturated heterocycles. The van der Waals surface area contributed by atoms with Crippen molar-refractivity contribution in [3.8, 4) is 11.8 Å². The fourth-order valence-corrected chi connectivity index (χ4v) is 1.44. The van der Waals surface area contributed by atoms with E-state index in [2.05, 4.69) is 22.5 Å². The average Bonchev–Trinajstić information content (AvgIpc) is 2.33. The number of carbonyl (C=O) groups excluding carboxylic acids is 2.